The molecule has 6 heteroatoms. The maximum absolute atomic E-state index is 11.6. The number of aromatic nitrogens is 1. The molecule has 1 heterocycles. The van der Waals surface area contributed by atoms with E-state index in [0.29, 0.717) is 17.3 Å². The number of hydrogen-bond acceptors (Lipinski definition) is 6. The summed E-state index contributed by atoms with van der Waals surface area (Å²) < 4.78 is 11.0. The lowest BCUT2D eigenvalue weighted by Gasteiger charge is -2.01. The minimum Gasteiger partial charge on any atom is -0.494 e. The van der Waals surface area contributed by atoms with Crippen LogP contribution in [-0.4, -0.2) is 30.9 Å². The average Bonchev–Trinajstić information content (AvgIpc) is 3.02. The third kappa shape index (κ3) is 3.60. The smallest absolute Gasteiger partial charge is 0.337 e. The van der Waals surface area contributed by atoms with Crippen LogP contribution in [-0.2, 0) is 4.74 Å². The maximum Gasteiger partial charge on any atom is 0.337 e. The summed E-state index contributed by atoms with van der Waals surface area (Å²) >= 11 is 1.43. The van der Waals surface area contributed by atoms with Crippen LogP contribution in [0.25, 0.3) is 10.2 Å². The number of carbonyl (C=O) groups excluding carboxylic acids is 1. The summed E-state index contributed by atoms with van der Waals surface area (Å²) in [7, 11) is 1.37. The lowest BCUT2D eigenvalue weighted by atomic mass is 10.2. The van der Waals surface area contributed by atoms with E-state index in [0.717, 1.165) is 21.5 Å². The molecule has 0 unspecified atom stereocenters. The number of benzene rings is 2. The Labute approximate surface area is 143 Å². The van der Waals surface area contributed by atoms with Crippen LogP contribution in [0.2, 0.25) is 0 Å². The Balaban J connectivity index is 1.80. The number of rotatable bonds is 5. The van der Waals surface area contributed by atoms with Crippen LogP contribution in [0.1, 0.15) is 22.8 Å². The summed E-state index contributed by atoms with van der Waals surface area (Å²) in [6, 6.07) is 13.0. The van der Waals surface area contributed by atoms with Gasteiger partial charge < -0.3 is 9.47 Å². The maximum atomic E-state index is 11.6. The Morgan fingerprint density at radius 3 is 2.75 bits per heavy atom. The van der Waals surface area contributed by atoms with Gasteiger partial charge in [-0.15, -0.1) is 0 Å². The Hall–Kier alpha value is -2.73. The van der Waals surface area contributed by atoms with E-state index in [1.165, 1.54) is 18.4 Å². The number of fused-ring (bicyclic) bond motifs is 1. The highest BCUT2D eigenvalue weighted by Gasteiger charge is 2.09. The SMILES string of the molecule is CCOc1ccc(/C=N/c2nc3ccc(C(=O)OC)cc3s2)cc1. The number of methoxy groups -OCH3 is 1. The zero-order valence-electron chi connectivity index (χ0n) is 13.4. The molecule has 0 aliphatic heterocycles. The van der Waals surface area contributed by atoms with Gasteiger partial charge in [-0.1, -0.05) is 11.3 Å². The first kappa shape index (κ1) is 16.1. The second-order valence-electron chi connectivity index (χ2n) is 4.93. The quantitative estimate of drug-likeness (QED) is 0.515. The Bertz CT molecular complexity index is 885. The first-order valence-electron chi connectivity index (χ1n) is 7.45. The van der Waals surface area contributed by atoms with Crippen LogP contribution in [0.3, 0.4) is 0 Å². The Morgan fingerprint density at radius 1 is 1.25 bits per heavy atom. The van der Waals surface area contributed by atoms with Gasteiger partial charge in [-0.3, -0.25) is 0 Å². The van der Waals surface area contributed by atoms with Gasteiger partial charge in [-0.05, 0) is 55.0 Å². The highest BCUT2D eigenvalue weighted by atomic mass is 32.1. The fourth-order valence-electron chi connectivity index (χ4n) is 2.16. The van der Waals surface area contributed by atoms with Crippen molar-refractivity contribution in [3.05, 3.63) is 53.6 Å². The highest BCUT2D eigenvalue weighted by Crippen LogP contribution is 2.29. The largest absolute Gasteiger partial charge is 0.494 e. The second-order valence-corrected chi connectivity index (χ2v) is 5.94. The van der Waals surface area contributed by atoms with Crippen molar-refractivity contribution >= 4 is 38.9 Å². The van der Waals surface area contributed by atoms with Crippen molar-refractivity contribution in [3.63, 3.8) is 0 Å². The van der Waals surface area contributed by atoms with Crippen molar-refractivity contribution in [3.8, 4) is 5.75 Å². The molecule has 0 aliphatic rings. The van der Waals surface area contributed by atoms with Crippen LogP contribution in [0.5, 0.6) is 5.75 Å². The molecule has 5 nitrogen and oxygen atoms in total. The van der Waals surface area contributed by atoms with Crippen molar-refractivity contribution < 1.29 is 14.3 Å². The summed E-state index contributed by atoms with van der Waals surface area (Å²) in [5, 5.41) is 0.640. The molecular formula is C18H16N2O3S. The molecule has 0 saturated heterocycles. The van der Waals surface area contributed by atoms with Gasteiger partial charge >= 0.3 is 5.97 Å². The molecule has 0 fully saturated rings. The lowest BCUT2D eigenvalue weighted by molar-refractivity contribution is 0.0601. The van der Waals surface area contributed by atoms with Crippen LogP contribution >= 0.6 is 11.3 Å². The molecule has 24 heavy (non-hydrogen) atoms. The molecule has 0 radical (unpaired) electrons. The topological polar surface area (TPSA) is 60.8 Å². The minimum atomic E-state index is -0.357. The standard InChI is InChI=1S/C18H16N2O3S/c1-3-23-14-7-4-12(5-8-14)11-19-18-20-15-9-6-13(17(21)22-2)10-16(15)24-18/h4-11H,3H2,1-2H3/b19-11+. The van der Waals surface area contributed by atoms with E-state index in [2.05, 4.69) is 9.98 Å². The Kier molecular flexibility index (Phi) is 4.86. The van der Waals surface area contributed by atoms with Gasteiger partial charge in [0.15, 0.2) is 0 Å². The van der Waals surface area contributed by atoms with E-state index in [4.69, 9.17) is 9.47 Å². The third-order valence-corrected chi connectivity index (χ3v) is 4.24. The first-order valence-corrected chi connectivity index (χ1v) is 8.27. The summed E-state index contributed by atoms with van der Waals surface area (Å²) in [5.74, 6) is 0.481. The van der Waals surface area contributed by atoms with Crippen molar-refractivity contribution in [1.29, 1.82) is 0 Å². The van der Waals surface area contributed by atoms with E-state index in [1.807, 2.05) is 31.2 Å². The molecule has 0 N–H and O–H groups in total. The van der Waals surface area contributed by atoms with E-state index >= 15 is 0 Å². The number of esters is 1. The number of ether oxygens (including phenoxy) is 2. The molecule has 0 saturated carbocycles. The number of carbonyl (C=O) groups is 1. The number of aliphatic imine (C=N–C) groups is 1. The van der Waals surface area contributed by atoms with Crippen molar-refractivity contribution in [1.82, 2.24) is 4.98 Å². The number of nitrogens with zero attached hydrogens (tertiary/aromatic N) is 2. The van der Waals surface area contributed by atoms with Gasteiger partial charge in [-0.25, -0.2) is 14.8 Å². The second kappa shape index (κ2) is 7.23. The third-order valence-electron chi connectivity index (χ3n) is 3.31. The zero-order chi connectivity index (χ0) is 16.9. The fourth-order valence-corrected chi connectivity index (χ4v) is 3.01. The van der Waals surface area contributed by atoms with E-state index < -0.39 is 0 Å². The molecule has 2 aromatic carbocycles. The fraction of sp³-hybridized carbons (Fsp3) is 0.167. The van der Waals surface area contributed by atoms with Crippen LogP contribution in [0.4, 0.5) is 5.13 Å². The summed E-state index contributed by atoms with van der Waals surface area (Å²) in [6.45, 7) is 2.60. The molecule has 0 bridgehead atoms. The van der Waals surface area contributed by atoms with Gasteiger partial charge in [0.25, 0.3) is 0 Å². The van der Waals surface area contributed by atoms with Gasteiger partial charge in [0, 0.05) is 6.21 Å². The highest BCUT2D eigenvalue weighted by molar-refractivity contribution is 7.22. The Morgan fingerprint density at radius 2 is 2.04 bits per heavy atom. The van der Waals surface area contributed by atoms with Crippen molar-refractivity contribution in [2.75, 3.05) is 13.7 Å². The normalized spacial score (nSPS) is 11.1. The molecule has 3 aromatic rings. The number of thiazole rings is 1. The van der Waals surface area contributed by atoms with Gasteiger partial charge in [0.05, 0.1) is 29.5 Å². The zero-order valence-corrected chi connectivity index (χ0v) is 14.2. The van der Waals surface area contributed by atoms with E-state index in [-0.39, 0.29) is 5.97 Å². The molecule has 0 amide bonds. The predicted molar refractivity (Wildman–Crippen MR) is 95.8 cm³/mol. The van der Waals surface area contributed by atoms with Gasteiger partial charge in [0.1, 0.15) is 5.75 Å². The summed E-state index contributed by atoms with van der Waals surface area (Å²) in [6.07, 6.45) is 1.76. The van der Waals surface area contributed by atoms with Crippen LogP contribution in [0.15, 0.2) is 47.5 Å². The van der Waals surface area contributed by atoms with Crippen LogP contribution < -0.4 is 4.74 Å². The minimum absolute atomic E-state index is 0.357. The molecule has 1 aromatic heterocycles. The van der Waals surface area contributed by atoms with Crippen molar-refractivity contribution in [2.24, 2.45) is 4.99 Å². The molecule has 122 valence electrons. The van der Waals surface area contributed by atoms with Gasteiger partial charge in [0.2, 0.25) is 5.13 Å². The molecule has 0 spiro atoms. The first-order chi connectivity index (χ1) is 11.7. The monoisotopic (exact) mass is 340 g/mol. The molecule has 3 rings (SSSR count). The predicted octanol–water partition coefficient (Wildman–Crippen LogP) is 4.23. The summed E-state index contributed by atoms with van der Waals surface area (Å²) in [5.41, 5.74) is 2.29. The van der Waals surface area contributed by atoms with Crippen LogP contribution in [0, 0.1) is 0 Å². The number of hydrogen-bond donors (Lipinski definition) is 0. The van der Waals surface area contributed by atoms with E-state index in [9.17, 15) is 4.79 Å². The molecule has 0 aliphatic carbocycles. The van der Waals surface area contributed by atoms with E-state index in [1.54, 1.807) is 24.4 Å². The average molecular weight is 340 g/mol. The lowest BCUT2D eigenvalue weighted by Crippen LogP contribution is -1.99. The van der Waals surface area contributed by atoms with Gasteiger partial charge in [-0.2, -0.15) is 0 Å². The van der Waals surface area contributed by atoms with Crippen molar-refractivity contribution in [2.45, 2.75) is 6.92 Å². The molecular weight excluding hydrogens is 324 g/mol. The molecule has 0 atom stereocenters. The summed E-state index contributed by atoms with van der Waals surface area (Å²) in [4.78, 5) is 20.4.